The van der Waals surface area contributed by atoms with Gasteiger partial charge < -0.3 is 15.2 Å². The number of aryl methyl sites for hydroxylation is 1. The average molecular weight is 447 g/mol. The van der Waals surface area contributed by atoms with Gasteiger partial charge in [0.25, 0.3) is 15.9 Å². The summed E-state index contributed by atoms with van der Waals surface area (Å²) in [5, 5.41) is 8.81. The molecule has 0 radical (unpaired) electrons. The van der Waals surface area contributed by atoms with E-state index in [9.17, 15) is 18.0 Å². The molecule has 0 unspecified atom stereocenters. The van der Waals surface area contributed by atoms with Crippen LogP contribution in [0.25, 0.3) is 0 Å². The van der Waals surface area contributed by atoms with Crippen molar-refractivity contribution in [3.63, 3.8) is 0 Å². The standard InChI is InChI=1S/C19H15ClN4O5S/c1-10-14(9-21-29-10)19(26)22-12-3-2-4-13(7-12)24-30(27,28)17-5-11-6-18(25)23-16(11)8-15(17)20/h2-5,7-9,24H,6H2,1H3,(H,22,26)(H,23,25). The van der Waals surface area contributed by atoms with Crippen LogP contribution < -0.4 is 15.4 Å². The van der Waals surface area contributed by atoms with Crippen molar-refractivity contribution < 1.29 is 22.5 Å². The van der Waals surface area contributed by atoms with Gasteiger partial charge in [-0.2, -0.15) is 0 Å². The summed E-state index contributed by atoms with van der Waals surface area (Å²) in [5.41, 5.74) is 1.91. The fourth-order valence-electron chi connectivity index (χ4n) is 3.02. The molecule has 9 nitrogen and oxygen atoms in total. The first-order chi connectivity index (χ1) is 14.2. The van der Waals surface area contributed by atoms with Crippen molar-refractivity contribution in [1.82, 2.24) is 5.16 Å². The number of sulfonamides is 1. The topological polar surface area (TPSA) is 130 Å². The van der Waals surface area contributed by atoms with Crippen LogP contribution in [0.1, 0.15) is 21.7 Å². The molecule has 0 aliphatic carbocycles. The van der Waals surface area contributed by atoms with Crippen molar-refractivity contribution in [2.24, 2.45) is 0 Å². The maximum atomic E-state index is 12.9. The zero-order chi connectivity index (χ0) is 21.5. The summed E-state index contributed by atoms with van der Waals surface area (Å²) in [5.74, 6) is -0.300. The van der Waals surface area contributed by atoms with Gasteiger partial charge in [-0.15, -0.1) is 0 Å². The second-order valence-electron chi connectivity index (χ2n) is 6.60. The molecule has 0 saturated carbocycles. The number of carbonyl (C=O) groups excluding carboxylic acids is 2. The first kappa shape index (κ1) is 19.9. The van der Waals surface area contributed by atoms with E-state index in [1.165, 1.54) is 30.5 Å². The second kappa shape index (κ2) is 7.47. The number of nitrogens with zero attached hydrogens (tertiary/aromatic N) is 1. The zero-order valence-corrected chi connectivity index (χ0v) is 17.1. The highest BCUT2D eigenvalue weighted by molar-refractivity contribution is 7.92. The molecule has 1 aliphatic heterocycles. The minimum atomic E-state index is -4.04. The molecule has 2 amide bonds. The Morgan fingerprint density at radius 2 is 2.00 bits per heavy atom. The highest BCUT2D eigenvalue weighted by Crippen LogP contribution is 2.33. The highest BCUT2D eigenvalue weighted by Gasteiger charge is 2.25. The Morgan fingerprint density at radius 1 is 1.23 bits per heavy atom. The zero-order valence-electron chi connectivity index (χ0n) is 15.5. The molecule has 30 heavy (non-hydrogen) atoms. The van der Waals surface area contributed by atoms with Crippen LogP contribution in [0.3, 0.4) is 0 Å². The van der Waals surface area contributed by atoms with Crippen LogP contribution in [-0.4, -0.2) is 25.4 Å². The molecular formula is C19H15ClN4O5S. The lowest BCUT2D eigenvalue weighted by atomic mass is 10.2. The third-order valence-electron chi connectivity index (χ3n) is 4.44. The molecule has 1 aliphatic rings. The van der Waals surface area contributed by atoms with E-state index in [2.05, 4.69) is 20.5 Å². The Hall–Kier alpha value is -3.37. The van der Waals surface area contributed by atoms with Gasteiger partial charge in [0, 0.05) is 11.4 Å². The number of aromatic nitrogens is 1. The fraction of sp³-hybridized carbons (Fsp3) is 0.105. The van der Waals surface area contributed by atoms with E-state index in [-0.39, 0.29) is 33.5 Å². The lowest BCUT2D eigenvalue weighted by Gasteiger charge is -2.12. The molecule has 11 heteroatoms. The number of hydrogen-bond donors (Lipinski definition) is 3. The van der Waals surface area contributed by atoms with Crippen molar-refractivity contribution in [3.8, 4) is 0 Å². The van der Waals surface area contributed by atoms with Crippen molar-refractivity contribution in [1.29, 1.82) is 0 Å². The average Bonchev–Trinajstić information content (AvgIpc) is 3.25. The number of anilines is 3. The van der Waals surface area contributed by atoms with Gasteiger partial charge in [0.15, 0.2) is 0 Å². The molecule has 0 spiro atoms. The van der Waals surface area contributed by atoms with Gasteiger partial charge in [0.1, 0.15) is 16.2 Å². The number of benzene rings is 2. The van der Waals surface area contributed by atoms with Crippen LogP contribution in [-0.2, 0) is 21.2 Å². The van der Waals surface area contributed by atoms with Crippen LogP contribution in [0, 0.1) is 6.92 Å². The Bertz CT molecular complexity index is 1290. The van der Waals surface area contributed by atoms with Crippen molar-refractivity contribution in [3.05, 3.63) is 64.5 Å². The van der Waals surface area contributed by atoms with Crippen molar-refractivity contribution in [2.45, 2.75) is 18.2 Å². The Morgan fingerprint density at radius 3 is 2.73 bits per heavy atom. The Kier molecular flexibility index (Phi) is 4.96. The normalized spacial score (nSPS) is 12.9. The van der Waals surface area contributed by atoms with Gasteiger partial charge >= 0.3 is 0 Å². The summed E-state index contributed by atoms with van der Waals surface area (Å²) < 4.78 is 33.0. The number of halogens is 1. The van der Waals surface area contributed by atoms with Crippen LogP contribution in [0.15, 0.2) is 52.0 Å². The van der Waals surface area contributed by atoms with Gasteiger partial charge in [-0.3, -0.25) is 14.3 Å². The largest absolute Gasteiger partial charge is 0.361 e. The predicted octanol–water partition coefficient (Wildman–Crippen LogP) is 3.18. The molecule has 0 atom stereocenters. The lowest BCUT2D eigenvalue weighted by molar-refractivity contribution is -0.115. The summed E-state index contributed by atoms with van der Waals surface area (Å²) in [6.45, 7) is 1.61. The molecule has 1 aromatic heterocycles. The Labute approximate surface area is 176 Å². The Balaban J connectivity index is 1.57. The minimum Gasteiger partial charge on any atom is -0.361 e. The SMILES string of the molecule is Cc1oncc1C(=O)Nc1cccc(NS(=O)(=O)c2cc3c(cc2Cl)NC(=O)C3)c1. The minimum absolute atomic E-state index is 0.0177. The van der Waals surface area contributed by atoms with Gasteiger partial charge in [-0.1, -0.05) is 22.8 Å². The molecule has 2 aromatic carbocycles. The third-order valence-corrected chi connectivity index (χ3v) is 6.29. The van der Waals surface area contributed by atoms with E-state index in [4.69, 9.17) is 16.1 Å². The van der Waals surface area contributed by atoms with Crippen LogP contribution in [0.4, 0.5) is 17.1 Å². The maximum absolute atomic E-state index is 12.9. The van der Waals surface area contributed by atoms with Crippen LogP contribution in [0.2, 0.25) is 5.02 Å². The van der Waals surface area contributed by atoms with E-state index in [0.29, 0.717) is 22.7 Å². The molecule has 0 saturated heterocycles. The van der Waals surface area contributed by atoms with E-state index < -0.39 is 15.9 Å². The second-order valence-corrected chi connectivity index (χ2v) is 8.66. The molecule has 2 heterocycles. The smallest absolute Gasteiger partial charge is 0.263 e. The number of nitrogens with one attached hydrogen (secondary N) is 3. The number of hydrogen-bond acceptors (Lipinski definition) is 6. The number of fused-ring (bicyclic) bond motifs is 1. The van der Waals surface area contributed by atoms with E-state index in [1.807, 2.05) is 0 Å². The summed E-state index contributed by atoms with van der Waals surface area (Å²) in [4.78, 5) is 23.7. The quantitative estimate of drug-likeness (QED) is 0.551. The molecular weight excluding hydrogens is 432 g/mol. The van der Waals surface area contributed by atoms with E-state index >= 15 is 0 Å². The summed E-state index contributed by atoms with van der Waals surface area (Å²) in [6.07, 6.45) is 1.38. The van der Waals surface area contributed by atoms with E-state index in [0.717, 1.165) is 0 Å². The van der Waals surface area contributed by atoms with Gasteiger partial charge in [0.2, 0.25) is 5.91 Å². The van der Waals surface area contributed by atoms with E-state index in [1.54, 1.807) is 19.1 Å². The number of carbonyl (C=O) groups is 2. The molecule has 0 fully saturated rings. The first-order valence-electron chi connectivity index (χ1n) is 8.71. The number of rotatable bonds is 5. The predicted molar refractivity (Wildman–Crippen MR) is 110 cm³/mol. The third kappa shape index (κ3) is 3.87. The van der Waals surface area contributed by atoms with Crippen molar-refractivity contribution >= 4 is 50.5 Å². The highest BCUT2D eigenvalue weighted by atomic mass is 35.5. The maximum Gasteiger partial charge on any atom is 0.263 e. The lowest BCUT2D eigenvalue weighted by Crippen LogP contribution is -2.15. The van der Waals surface area contributed by atoms with Crippen molar-refractivity contribution in [2.75, 3.05) is 15.4 Å². The molecule has 4 rings (SSSR count). The summed E-state index contributed by atoms with van der Waals surface area (Å²) in [7, 11) is -4.04. The molecule has 3 aromatic rings. The number of amides is 2. The fourth-order valence-corrected chi connectivity index (χ4v) is 4.65. The molecule has 154 valence electrons. The molecule has 0 bridgehead atoms. The first-order valence-corrected chi connectivity index (χ1v) is 10.6. The monoisotopic (exact) mass is 446 g/mol. The van der Waals surface area contributed by atoms with Gasteiger partial charge in [0.05, 0.1) is 23.3 Å². The summed E-state index contributed by atoms with van der Waals surface area (Å²) in [6, 6.07) is 8.97. The van der Waals surface area contributed by atoms with Gasteiger partial charge in [-0.25, -0.2) is 8.42 Å². The summed E-state index contributed by atoms with van der Waals surface area (Å²) >= 11 is 6.14. The molecule has 3 N–H and O–H groups in total. The van der Waals surface area contributed by atoms with Gasteiger partial charge in [-0.05, 0) is 42.8 Å². The van der Waals surface area contributed by atoms with Crippen LogP contribution >= 0.6 is 11.6 Å². The van der Waals surface area contributed by atoms with Crippen LogP contribution in [0.5, 0.6) is 0 Å².